The quantitative estimate of drug-likeness (QED) is 0.660. The molecule has 1 aliphatic heterocycles. The fourth-order valence-corrected chi connectivity index (χ4v) is 2.65. The van der Waals surface area contributed by atoms with E-state index in [2.05, 4.69) is 6.58 Å². The molecule has 1 saturated heterocycles. The van der Waals surface area contributed by atoms with Crippen molar-refractivity contribution in [2.24, 2.45) is 0 Å². The van der Waals surface area contributed by atoms with Gasteiger partial charge in [-0.2, -0.15) is 0 Å². The Morgan fingerprint density at radius 2 is 2.22 bits per heavy atom. The van der Waals surface area contributed by atoms with Gasteiger partial charge in [0.25, 0.3) is 0 Å². The van der Waals surface area contributed by atoms with Crippen LogP contribution >= 0.6 is 0 Å². The van der Waals surface area contributed by atoms with Gasteiger partial charge in [0.15, 0.2) is 0 Å². The molecule has 0 N–H and O–H groups in total. The van der Waals surface area contributed by atoms with E-state index in [0.717, 1.165) is 6.61 Å². The van der Waals surface area contributed by atoms with Crippen molar-refractivity contribution < 1.29 is 25.5 Å². The van der Waals surface area contributed by atoms with E-state index < -0.39 is 9.04 Å². The molecule has 1 fully saturated rings. The van der Waals surface area contributed by atoms with Crippen LogP contribution in [0.15, 0.2) is 12.3 Å². The molecule has 0 aromatic carbocycles. The predicted octanol–water partition coefficient (Wildman–Crippen LogP) is 1.24. The summed E-state index contributed by atoms with van der Waals surface area (Å²) in [7, 11) is -0.841. The van der Waals surface area contributed by atoms with Crippen LogP contribution in [0.2, 0.25) is 6.04 Å². The van der Waals surface area contributed by atoms with Gasteiger partial charge in [0.1, 0.15) is 0 Å². The molecule has 0 radical (unpaired) electrons. The molecule has 1 heterocycles. The van der Waals surface area contributed by atoms with Crippen LogP contribution in [0.3, 0.4) is 0 Å². The van der Waals surface area contributed by atoms with E-state index in [1.807, 2.05) is 5.70 Å². The minimum absolute atomic E-state index is 0. The van der Waals surface area contributed by atoms with Crippen LogP contribution in [0.1, 0.15) is 12.8 Å². The number of rotatable bonds is 1. The Hall–Kier alpha value is 0.605. The SMILES string of the molecule is C=C[SiH]1CCCCO1.[Pt]. The summed E-state index contributed by atoms with van der Waals surface area (Å²) in [4.78, 5) is 0. The molecule has 0 spiro atoms. The first kappa shape index (κ1) is 9.61. The maximum Gasteiger partial charge on any atom is 0.200 e. The molecule has 0 aliphatic carbocycles. The van der Waals surface area contributed by atoms with E-state index in [-0.39, 0.29) is 21.1 Å². The molecular weight excluding hydrogens is 311 g/mol. The first-order valence-electron chi connectivity index (χ1n) is 3.17. The van der Waals surface area contributed by atoms with Crippen LogP contribution in [-0.2, 0) is 25.5 Å². The van der Waals surface area contributed by atoms with Gasteiger partial charge in [-0.25, -0.2) is 0 Å². The summed E-state index contributed by atoms with van der Waals surface area (Å²) in [6, 6.07) is 1.31. The average Bonchev–Trinajstić information content (AvgIpc) is 1.90. The third-order valence-corrected chi connectivity index (χ3v) is 3.64. The zero-order chi connectivity index (χ0) is 5.82. The van der Waals surface area contributed by atoms with Gasteiger partial charge in [-0.3, -0.25) is 0 Å². The van der Waals surface area contributed by atoms with Crippen molar-refractivity contribution in [3.63, 3.8) is 0 Å². The fourth-order valence-electron chi connectivity index (χ4n) is 0.952. The Labute approximate surface area is 72.5 Å². The van der Waals surface area contributed by atoms with Gasteiger partial charge in [-0.1, -0.05) is 12.1 Å². The molecule has 1 unspecified atom stereocenters. The minimum atomic E-state index is -0.841. The smallest absolute Gasteiger partial charge is 0.200 e. The summed E-state index contributed by atoms with van der Waals surface area (Å²) in [6.07, 6.45) is 2.63. The zero-order valence-corrected chi connectivity index (χ0v) is 8.84. The zero-order valence-electron chi connectivity index (χ0n) is 5.41. The monoisotopic (exact) mass is 323 g/mol. The summed E-state index contributed by atoms with van der Waals surface area (Å²) >= 11 is 0. The molecule has 1 aliphatic rings. The first-order valence-corrected chi connectivity index (χ1v) is 5.13. The predicted molar refractivity (Wildman–Crippen MR) is 37.3 cm³/mol. The van der Waals surface area contributed by atoms with Crippen molar-refractivity contribution in [3.05, 3.63) is 12.3 Å². The van der Waals surface area contributed by atoms with Crippen LogP contribution in [0, 0.1) is 0 Å². The number of hydrogen-bond acceptors (Lipinski definition) is 1. The molecular formula is C6H12OPtSi. The Kier molecular flexibility index (Phi) is 5.76. The van der Waals surface area contributed by atoms with Gasteiger partial charge in [-0.05, 0) is 12.5 Å². The second-order valence-corrected chi connectivity index (χ2v) is 4.60. The van der Waals surface area contributed by atoms with Gasteiger partial charge in [0.2, 0.25) is 9.04 Å². The third-order valence-electron chi connectivity index (χ3n) is 1.48. The van der Waals surface area contributed by atoms with Crippen molar-refractivity contribution in [1.29, 1.82) is 0 Å². The minimum Gasteiger partial charge on any atom is -0.416 e. The average molecular weight is 323 g/mol. The molecule has 1 nitrogen and oxygen atoms in total. The van der Waals surface area contributed by atoms with Gasteiger partial charge in [0.05, 0.1) is 0 Å². The normalized spacial score (nSPS) is 26.4. The van der Waals surface area contributed by atoms with Crippen molar-refractivity contribution >= 4 is 9.04 Å². The van der Waals surface area contributed by atoms with E-state index >= 15 is 0 Å². The Morgan fingerprint density at radius 1 is 1.44 bits per heavy atom. The topological polar surface area (TPSA) is 9.23 Å². The Bertz CT molecular complexity index is 81.1. The summed E-state index contributed by atoms with van der Waals surface area (Å²) < 4.78 is 5.45. The van der Waals surface area contributed by atoms with Crippen LogP contribution in [0.25, 0.3) is 0 Å². The summed E-state index contributed by atoms with van der Waals surface area (Å²) in [5, 5.41) is 0. The first-order chi connectivity index (χ1) is 3.93. The van der Waals surface area contributed by atoms with E-state index in [4.69, 9.17) is 4.43 Å². The largest absolute Gasteiger partial charge is 0.416 e. The van der Waals surface area contributed by atoms with Crippen molar-refractivity contribution in [2.45, 2.75) is 18.9 Å². The van der Waals surface area contributed by atoms with Crippen LogP contribution < -0.4 is 0 Å². The van der Waals surface area contributed by atoms with E-state index in [1.165, 1.54) is 18.9 Å². The summed E-state index contributed by atoms with van der Waals surface area (Å²) in [5.41, 5.74) is 2.03. The summed E-state index contributed by atoms with van der Waals surface area (Å²) in [5.74, 6) is 0. The molecule has 1 atom stereocenters. The van der Waals surface area contributed by atoms with E-state index in [1.54, 1.807) is 0 Å². The maximum atomic E-state index is 5.45. The maximum absolute atomic E-state index is 5.45. The second-order valence-electron chi connectivity index (χ2n) is 2.14. The molecule has 0 bridgehead atoms. The van der Waals surface area contributed by atoms with Crippen molar-refractivity contribution in [2.75, 3.05) is 6.61 Å². The summed E-state index contributed by atoms with van der Waals surface area (Å²) in [6.45, 7) is 4.71. The molecule has 0 aromatic heterocycles. The van der Waals surface area contributed by atoms with Crippen molar-refractivity contribution in [1.82, 2.24) is 0 Å². The third kappa shape index (κ3) is 3.34. The van der Waals surface area contributed by atoms with Crippen LogP contribution in [-0.4, -0.2) is 15.6 Å². The van der Waals surface area contributed by atoms with Gasteiger partial charge < -0.3 is 4.43 Å². The Morgan fingerprint density at radius 3 is 2.56 bits per heavy atom. The fraction of sp³-hybridized carbons (Fsp3) is 0.667. The van der Waals surface area contributed by atoms with Gasteiger partial charge in [0, 0.05) is 27.7 Å². The van der Waals surface area contributed by atoms with Crippen molar-refractivity contribution in [3.8, 4) is 0 Å². The van der Waals surface area contributed by atoms with Gasteiger partial charge in [-0.15, -0.1) is 6.58 Å². The molecule has 0 aromatic rings. The standard InChI is InChI=1S/C6H12OSi.Pt/c1-2-8-6-4-3-5-7-8;/h2,8H,1,3-6H2;. The number of hydrogen-bond donors (Lipinski definition) is 0. The van der Waals surface area contributed by atoms with E-state index in [0.29, 0.717) is 0 Å². The van der Waals surface area contributed by atoms with Crippen LogP contribution in [0.4, 0.5) is 0 Å². The van der Waals surface area contributed by atoms with E-state index in [9.17, 15) is 0 Å². The molecule has 0 amide bonds. The second kappa shape index (κ2) is 5.39. The molecule has 56 valence electrons. The van der Waals surface area contributed by atoms with Gasteiger partial charge >= 0.3 is 0 Å². The Balaban J connectivity index is 0.000000640. The molecule has 0 saturated carbocycles. The molecule has 9 heavy (non-hydrogen) atoms. The van der Waals surface area contributed by atoms with Crippen LogP contribution in [0.5, 0.6) is 0 Å². The molecule has 1 rings (SSSR count). The molecule has 3 heteroatoms.